The van der Waals surface area contributed by atoms with Crippen LogP contribution in [0.1, 0.15) is 48.4 Å². The number of hydrogen-bond acceptors (Lipinski definition) is 4. The predicted octanol–water partition coefficient (Wildman–Crippen LogP) is 3.41. The summed E-state index contributed by atoms with van der Waals surface area (Å²) in [7, 11) is 0. The molecule has 0 unspecified atom stereocenters. The molecule has 2 aromatic rings. The van der Waals surface area contributed by atoms with Gasteiger partial charge in [0.1, 0.15) is 0 Å². The smallest absolute Gasteiger partial charge is 0.303 e. The van der Waals surface area contributed by atoms with Crippen LogP contribution in [0, 0.1) is 6.92 Å². The molecule has 0 radical (unpaired) electrons. The normalized spacial score (nSPS) is 10.5. The van der Waals surface area contributed by atoms with E-state index in [-0.39, 0.29) is 18.1 Å². The summed E-state index contributed by atoms with van der Waals surface area (Å²) < 4.78 is 5.60. The summed E-state index contributed by atoms with van der Waals surface area (Å²) in [6.45, 7) is 2.28. The van der Waals surface area contributed by atoms with Gasteiger partial charge in [0.05, 0.1) is 5.69 Å². The van der Waals surface area contributed by atoms with E-state index in [2.05, 4.69) is 10.3 Å². The van der Waals surface area contributed by atoms with Crippen molar-refractivity contribution >= 4 is 11.9 Å². The number of carboxylic acids is 1. The number of aromatic nitrogens is 1. The van der Waals surface area contributed by atoms with Crippen molar-refractivity contribution in [1.82, 2.24) is 10.3 Å². The summed E-state index contributed by atoms with van der Waals surface area (Å²) >= 11 is 0. The molecule has 0 spiro atoms. The molecule has 128 valence electrons. The molecular formula is C18H22N2O4. The number of benzene rings is 1. The lowest BCUT2D eigenvalue weighted by Crippen LogP contribution is -2.24. The molecule has 0 saturated heterocycles. The molecule has 0 bridgehead atoms. The Balaban J connectivity index is 1.79. The number of carbonyl (C=O) groups is 2. The number of rotatable bonds is 9. The van der Waals surface area contributed by atoms with Crippen LogP contribution in [0.25, 0.3) is 11.5 Å². The van der Waals surface area contributed by atoms with E-state index in [0.717, 1.165) is 24.8 Å². The Kier molecular flexibility index (Phi) is 6.54. The van der Waals surface area contributed by atoms with E-state index in [4.69, 9.17) is 9.52 Å². The van der Waals surface area contributed by atoms with E-state index in [1.807, 2.05) is 30.3 Å². The third-order valence-electron chi connectivity index (χ3n) is 3.63. The highest BCUT2D eigenvalue weighted by atomic mass is 16.4. The van der Waals surface area contributed by atoms with Crippen LogP contribution in [0.15, 0.2) is 34.7 Å². The Labute approximate surface area is 140 Å². The molecule has 0 aliphatic heterocycles. The van der Waals surface area contributed by atoms with E-state index >= 15 is 0 Å². The molecule has 2 N–H and O–H groups in total. The van der Waals surface area contributed by atoms with Crippen LogP contribution in [-0.2, 0) is 4.79 Å². The van der Waals surface area contributed by atoms with Crippen LogP contribution in [-0.4, -0.2) is 28.5 Å². The quantitative estimate of drug-likeness (QED) is 0.687. The molecule has 0 aliphatic carbocycles. The highest BCUT2D eigenvalue weighted by Crippen LogP contribution is 2.21. The van der Waals surface area contributed by atoms with Crippen molar-refractivity contribution in [1.29, 1.82) is 0 Å². The molecule has 0 fully saturated rings. The van der Waals surface area contributed by atoms with E-state index in [1.165, 1.54) is 0 Å². The first-order valence-electron chi connectivity index (χ1n) is 8.11. The lowest BCUT2D eigenvalue weighted by molar-refractivity contribution is -0.137. The number of unbranched alkanes of at least 4 members (excludes halogenated alkanes) is 3. The Hall–Kier alpha value is -2.63. The van der Waals surface area contributed by atoms with Crippen molar-refractivity contribution in [3.05, 3.63) is 41.8 Å². The minimum atomic E-state index is -0.765. The second kappa shape index (κ2) is 8.86. The molecule has 1 amide bonds. The van der Waals surface area contributed by atoms with E-state index < -0.39 is 5.97 Å². The van der Waals surface area contributed by atoms with Crippen molar-refractivity contribution in [2.75, 3.05) is 6.54 Å². The number of amides is 1. The van der Waals surface area contributed by atoms with Crippen LogP contribution >= 0.6 is 0 Å². The zero-order chi connectivity index (χ0) is 17.4. The number of nitrogens with zero attached hydrogens (tertiary/aromatic N) is 1. The fourth-order valence-corrected chi connectivity index (χ4v) is 2.35. The van der Waals surface area contributed by atoms with Gasteiger partial charge in [-0.25, -0.2) is 4.98 Å². The van der Waals surface area contributed by atoms with Gasteiger partial charge in [0.2, 0.25) is 11.7 Å². The van der Waals surface area contributed by atoms with Crippen molar-refractivity contribution in [3.8, 4) is 11.5 Å². The summed E-state index contributed by atoms with van der Waals surface area (Å²) in [5.41, 5.74) is 1.39. The van der Waals surface area contributed by atoms with E-state index in [9.17, 15) is 9.59 Å². The van der Waals surface area contributed by atoms with Gasteiger partial charge in [-0.3, -0.25) is 9.59 Å². The van der Waals surface area contributed by atoms with Crippen LogP contribution in [0.5, 0.6) is 0 Å². The SMILES string of the molecule is Cc1nc(-c2ccccc2)oc1C(=O)NCCCCCCC(=O)O. The van der Waals surface area contributed by atoms with Crippen LogP contribution < -0.4 is 5.32 Å². The number of hydrogen-bond donors (Lipinski definition) is 2. The van der Waals surface area contributed by atoms with E-state index in [1.54, 1.807) is 6.92 Å². The number of carbonyl (C=O) groups excluding carboxylic acids is 1. The molecule has 6 nitrogen and oxygen atoms in total. The summed E-state index contributed by atoms with van der Waals surface area (Å²) in [5, 5.41) is 11.4. The minimum absolute atomic E-state index is 0.200. The van der Waals surface area contributed by atoms with Gasteiger partial charge in [-0.15, -0.1) is 0 Å². The average Bonchev–Trinajstić information content (AvgIpc) is 2.96. The third-order valence-corrected chi connectivity index (χ3v) is 3.63. The first-order valence-corrected chi connectivity index (χ1v) is 8.11. The maximum atomic E-state index is 12.2. The second-order valence-corrected chi connectivity index (χ2v) is 5.61. The Morgan fingerprint density at radius 2 is 1.83 bits per heavy atom. The van der Waals surface area contributed by atoms with Crippen LogP contribution in [0.4, 0.5) is 0 Å². The summed E-state index contributed by atoms with van der Waals surface area (Å²) in [6.07, 6.45) is 3.42. The first-order chi connectivity index (χ1) is 11.6. The first kappa shape index (κ1) is 17.7. The van der Waals surface area contributed by atoms with Gasteiger partial charge in [-0.1, -0.05) is 31.0 Å². The Bertz CT molecular complexity index is 680. The summed E-state index contributed by atoms with van der Waals surface area (Å²) in [6, 6.07) is 9.44. The van der Waals surface area contributed by atoms with Crippen molar-refractivity contribution in [2.24, 2.45) is 0 Å². The van der Waals surface area contributed by atoms with Gasteiger partial charge in [0.15, 0.2) is 0 Å². The van der Waals surface area contributed by atoms with Gasteiger partial charge in [0.25, 0.3) is 5.91 Å². The van der Waals surface area contributed by atoms with Crippen molar-refractivity contribution in [2.45, 2.75) is 39.0 Å². The number of carboxylic acid groups (broad SMARTS) is 1. The van der Waals surface area contributed by atoms with Gasteiger partial charge in [0, 0.05) is 18.5 Å². The molecule has 1 aromatic carbocycles. The maximum absolute atomic E-state index is 12.2. The average molecular weight is 330 g/mol. The molecule has 0 aliphatic rings. The summed E-state index contributed by atoms with van der Waals surface area (Å²) in [4.78, 5) is 26.9. The maximum Gasteiger partial charge on any atom is 0.303 e. The summed E-state index contributed by atoms with van der Waals surface area (Å²) in [5.74, 6) is -0.363. The van der Waals surface area contributed by atoms with Crippen molar-refractivity contribution < 1.29 is 19.1 Å². The van der Waals surface area contributed by atoms with Gasteiger partial charge < -0.3 is 14.8 Å². The zero-order valence-corrected chi connectivity index (χ0v) is 13.7. The van der Waals surface area contributed by atoms with Crippen molar-refractivity contribution in [3.63, 3.8) is 0 Å². The Morgan fingerprint density at radius 3 is 2.54 bits per heavy atom. The zero-order valence-electron chi connectivity index (χ0n) is 13.7. The van der Waals surface area contributed by atoms with Gasteiger partial charge in [-0.2, -0.15) is 0 Å². The number of oxazole rings is 1. The topological polar surface area (TPSA) is 92.4 Å². The minimum Gasteiger partial charge on any atom is -0.481 e. The number of nitrogens with one attached hydrogen (secondary N) is 1. The predicted molar refractivity (Wildman–Crippen MR) is 89.7 cm³/mol. The van der Waals surface area contributed by atoms with Gasteiger partial charge in [-0.05, 0) is 31.9 Å². The lowest BCUT2D eigenvalue weighted by Gasteiger charge is -2.03. The van der Waals surface area contributed by atoms with E-state index in [0.29, 0.717) is 24.6 Å². The molecule has 1 heterocycles. The largest absolute Gasteiger partial charge is 0.481 e. The molecule has 2 rings (SSSR count). The molecule has 0 atom stereocenters. The standard InChI is InChI=1S/C18H22N2O4/c1-13-16(24-18(20-13)14-9-5-4-6-10-14)17(23)19-12-8-3-2-7-11-15(21)22/h4-6,9-10H,2-3,7-8,11-12H2,1H3,(H,19,23)(H,21,22). The monoisotopic (exact) mass is 330 g/mol. The molecule has 6 heteroatoms. The molecule has 0 saturated carbocycles. The van der Waals surface area contributed by atoms with Gasteiger partial charge >= 0.3 is 5.97 Å². The van der Waals surface area contributed by atoms with Crippen LogP contribution in [0.2, 0.25) is 0 Å². The number of aliphatic carboxylic acids is 1. The fraction of sp³-hybridized carbons (Fsp3) is 0.389. The Morgan fingerprint density at radius 1 is 1.12 bits per heavy atom. The molecule has 24 heavy (non-hydrogen) atoms. The lowest BCUT2D eigenvalue weighted by atomic mass is 10.1. The third kappa shape index (κ3) is 5.22. The fourth-order valence-electron chi connectivity index (χ4n) is 2.35. The molecular weight excluding hydrogens is 308 g/mol. The van der Waals surface area contributed by atoms with Crippen LogP contribution in [0.3, 0.4) is 0 Å². The highest BCUT2D eigenvalue weighted by Gasteiger charge is 2.17. The molecule has 1 aromatic heterocycles. The number of aryl methyl sites for hydroxylation is 1. The second-order valence-electron chi connectivity index (χ2n) is 5.61. The highest BCUT2D eigenvalue weighted by molar-refractivity contribution is 5.92.